The zero-order valence-electron chi connectivity index (χ0n) is 18.5. The zero-order valence-corrected chi connectivity index (χ0v) is 18.5. The molecule has 3 atom stereocenters. The van der Waals surface area contributed by atoms with Gasteiger partial charge in [-0.1, -0.05) is 49.6 Å². The molecule has 1 saturated heterocycles. The second-order valence-corrected chi connectivity index (χ2v) is 10.3. The van der Waals surface area contributed by atoms with Crippen LogP contribution in [0, 0.1) is 11.8 Å². The van der Waals surface area contributed by atoms with E-state index in [1.54, 1.807) is 0 Å². The molecule has 31 heavy (non-hydrogen) atoms. The molecule has 3 heteroatoms. The first-order valence-corrected chi connectivity index (χ1v) is 12.5. The van der Waals surface area contributed by atoms with Crippen LogP contribution in [0.15, 0.2) is 54.6 Å². The summed E-state index contributed by atoms with van der Waals surface area (Å²) in [5.74, 6) is 2.02. The van der Waals surface area contributed by atoms with E-state index < -0.39 is 0 Å². The highest BCUT2D eigenvalue weighted by atomic mass is 15.1. The lowest BCUT2D eigenvalue weighted by molar-refractivity contribution is 0.144. The predicted molar refractivity (Wildman–Crippen MR) is 131 cm³/mol. The van der Waals surface area contributed by atoms with Gasteiger partial charge in [-0.3, -0.25) is 0 Å². The average Bonchev–Trinajstić information content (AvgIpc) is 3.24. The molecule has 1 unspecified atom stereocenters. The molecule has 3 aromatic rings. The van der Waals surface area contributed by atoms with Crippen molar-refractivity contribution in [3.8, 4) is 11.3 Å². The largest absolute Gasteiger partial charge is 0.371 e. The van der Waals surface area contributed by atoms with Crippen molar-refractivity contribution in [1.82, 2.24) is 10.3 Å². The number of aromatic nitrogens is 1. The second kappa shape index (κ2) is 8.35. The Hall–Kier alpha value is -2.26. The van der Waals surface area contributed by atoms with Crippen molar-refractivity contribution in [2.24, 2.45) is 11.8 Å². The van der Waals surface area contributed by atoms with Gasteiger partial charge in [-0.15, -0.1) is 0 Å². The van der Waals surface area contributed by atoms with Crippen LogP contribution in [-0.4, -0.2) is 30.2 Å². The number of fused-ring (bicyclic) bond motifs is 3. The number of anilines is 1. The van der Waals surface area contributed by atoms with Crippen LogP contribution in [0.3, 0.4) is 0 Å². The van der Waals surface area contributed by atoms with Crippen molar-refractivity contribution < 1.29 is 0 Å². The third-order valence-corrected chi connectivity index (χ3v) is 8.15. The molecule has 0 amide bonds. The lowest BCUT2D eigenvalue weighted by atomic mass is 9.70. The summed E-state index contributed by atoms with van der Waals surface area (Å²) in [6.45, 7) is 2.32. The van der Waals surface area contributed by atoms with E-state index in [0.29, 0.717) is 6.04 Å². The van der Waals surface area contributed by atoms with Gasteiger partial charge in [0.05, 0.1) is 0 Å². The number of nitrogens with zero attached hydrogens (tertiary/aromatic N) is 1. The number of rotatable bonds is 4. The first-order valence-electron chi connectivity index (χ1n) is 12.5. The van der Waals surface area contributed by atoms with Gasteiger partial charge in [-0.25, -0.2) is 0 Å². The van der Waals surface area contributed by atoms with Crippen LogP contribution < -0.4 is 10.2 Å². The van der Waals surface area contributed by atoms with E-state index in [2.05, 4.69) is 69.8 Å². The highest BCUT2D eigenvalue weighted by Crippen LogP contribution is 2.40. The summed E-state index contributed by atoms with van der Waals surface area (Å²) in [4.78, 5) is 6.17. The third-order valence-electron chi connectivity index (χ3n) is 8.15. The van der Waals surface area contributed by atoms with E-state index in [9.17, 15) is 0 Å². The van der Waals surface area contributed by atoms with Crippen LogP contribution in [-0.2, 0) is 0 Å². The van der Waals surface area contributed by atoms with Gasteiger partial charge in [0.2, 0.25) is 0 Å². The Balaban J connectivity index is 1.09. The van der Waals surface area contributed by atoms with Gasteiger partial charge in [-0.2, -0.15) is 0 Å². The summed E-state index contributed by atoms with van der Waals surface area (Å²) in [5.41, 5.74) is 5.06. The molecule has 3 aliphatic rings. The molecule has 162 valence electrons. The Morgan fingerprint density at radius 2 is 1.58 bits per heavy atom. The van der Waals surface area contributed by atoms with Crippen LogP contribution in [0.4, 0.5) is 5.69 Å². The van der Waals surface area contributed by atoms with Crippen LogP contribution >= 0.6 is 0 Å². The predicted octanol–water partition coefficient (Wildman–Crippen LogP) is 6.36. The van der Waals surface area contributed by atoms with Gasteiger partial charge in [0.25, 0.3) is 0 Å². The van der Waals surface area contributed by atoms with Gasteiger partial charge < -0.3 is 15.2 Å². The van der Waals surface area contributed by atoms with Gasteiger partial charge in [-0.05, 0) is 73.8 Å². The highest BCUT2D eigenvalue weighted by Gasteiger charge is 2.33. The minimum Gasteiger partial charge on any atom is -0.371 e. The SMILES string of the molecule is c1cc(-c2cc3ccccc3[nH]2)cc(N2CCC(NC3C[C@H]4CCC[C@@H](C3)C4)CC2)c1. The van der Waals surface area contributed by atoms with Crippen molar-refractivity contribution >= 4 is 16.6 Å². The summed E-state index contributed by atoms with van der Waals surface area (Å²) < 4.78 is 0. The Labute approximate surface area is 186 Å². The van der Waals surface area contributed by atoms with Crippen molar-refractivity contribution in [3.05, 3.63) is 54.6 Å². The van der Waals surface area contributed by atoms with E-state index >= 15 is 0 Å². The highest BCUT2D eigenvalue weighted by molar-refractivity contribution is 5.86. The fourth-order valence-corrected chi connectivity index (χ4v) is 6.60. The number of hydrogen-bond acceptors (Lipinski definition) is 2. The maximum absolute atomic E-state index is 4.08. The zero-order chi connectivity index (χ0) is 20.6. The minimum absolute atomic E-state index is 0.706. The Morgan fingerprint density at radius 1 is 0.774 bits per heavy atom. The molecule has 2 heterocycles. The van der Waals surface area contributed by atoms with E-state index in [-0.39, 0.29) is 0 Å². The Kier molecular flexibility index (Phi) is 5.23. The number of para-hydroxylation sites is 1. The van der Waals surface area contributed by atoms with E-state index in [1.165, 1.54) is 79.2 Å². The van der Waals surface area contributed by atoms with Gasteiger partial charge in [0, 0.05) is 47.5 Å². The molecule has 3 fully saturated rings. The molecule has 1 aliphatic heterocycles. The molecule has 1 aromatic heterocycles. The molecule has 2 N–H and O–H groups in total. The molecule has 0 spiro atoms. The van der Waals surface area contributed by atoms with Crippen molar-refractivity contribution in [1.29, 1.82) is 0 Å². The monoisotopic (exact) mass is 413 g/mol. The number of hydrogen-bond donors (Lipinski definition) is 2. The van der Waals surface area contributed by atoms with Crippen molar-refractivity contribution in [2.75, 3.05) is 18.0 Å². The van der Waals surface area contributed by atoms with Crippen LogP contribution in [0.2, 0.25) is 0 Å². The van der Waals surface area contributed by atoms with Crippen LogP contribution in [0.5, 0.6) is 0 Å². The quantitative estimate of drug-likeness (QED) is 0.521. The van der Waals surface area contributed by atoms with E-state index in [1.807, 2.05) is 0 Å². The molecule has 6 rings (SSSR count). The Bertz CT molecular complexity index is 984. The molecular weight excluding hydrogens is 378 g/mol. The van der Waals surface area contributed by atoms with Crippen LogP contribution in [0.25, 0.3) is 22.2 Å². The topological polar surface area (TPSA) is 31.1 Å². The summed E-state index contributed by atoms with van der Waals surface area (Å²) in [7, 11) is 0. The van der Waals surface area contributed by atoms with Crippen molar-refractivity contribution in [3.63, 3.8) is 0 Å². The summed E-state index contributed by atoms with van der Waals surface area (Å²) in [6.07, 6.45) is 11.4. The number of nitrogens with one attached hydrogen (secondary N) is 2. The number of aromatic amines is 1. The molecule has 3 nitrogen and oxygen atoms in total. The number of benzene rings is 2. The minimum atomic E-state index is 0.706. The first-order chi connectivity index (χ1) is 15.3. The maximum atomic E-state index is 4.08. The van der Waals surface area contributed by atoms with Gasteiger partial charge >= 0.3 is 0 Å². The second-order valence-electron chi connectivity index (χ2n) is 10.3. The Morgan fingerprint density at radius 3 is 2.39 bits per heavy atom. The normalized spacial score (nSPS) is 27.0. The first kappa shape index (κ1) is 19.4. The maximum Gasteiger partial charge on any atom is 0.0465 e. The van der Waals surface area contributed by atoms with E-state index in [4.69, 9.17) is 0 Å². The van der Waals surface area contributed by atoms with Gasteiger partial charge in [0.1, 0.15) is 0 Å². The lowest BCUT2D eigenvalue weighted by Gasteiger charge is -2.42. The molecular formula is C28H35N3. The molecule has 2 saturated carbocycles. The number of piperidine rings is 1. The fraction of sp³-hybridized carbons (Fsp3) is 0.500. The molecule has 2 aromatic carbocycles. The van der Waals surface area contributed by atoms with Crippen molar-refractivity contribution in [2.45, 2.75) is 63.5 Å². The standard InChI is InChI=1S/C28H35N3/c1-2-10-27-23(7-1)19-28(30-27)22-8-4-9-26(18-22)31-13-11-24(12-14-31)29-25-16-20-5-3-6-21(15-20)17-25/h1-2,4,7-10,18-21,24-25,29-30H,3,5-6,11-17H2/t20-,21+,25?. The molecule has 2 bridgehead atoms. The third kappa shape index (κ3) is 4.13. The average molecular weight is 414 g/mol. The smallest absolute Gasteiger partial charge is 0.0465 e. The molecule has 2 aliphatic carbocycles. The summed E-state index contributed by atoms with van der Waals surface area (Å²) in [6, 6.07) is 21.4. The van der Waals surface area contributed by atoms with Crippen LogP contribution in [0.1, 0.15) is 51.4 Å². The fourth-order valence-electron chi connectivity index (χ4n) is 6.60. The number of H-pyrrole nitrogens is 1. The molecule has 0 radical (unpaired) electrons. The summed E-state index contributed by atoms with van der Waals surface area (Å²) >= 11 is 0. The summed E-state index contributed by atoms with van der Waals surface area (Å²) in [5, 5.41) is 5.36. The van der Waals surface area contributed by atoms with Gasteiger partial charge in [0.15, 0.2) is 0 Å². The van der Waals surface area contributed by atoms with E-state index in [0.717, 1.165) is 31.0 Å². The lowest BCUT2D eigenvalue weighted by Crippen LogP contribution is -2.49.